The molecule has 1 aromatic heterocycles. The normalized spacial score (nSPS) is 10.6. The molecule has 0 spiro atoms. The van der Waals surface area contributed by atoms with Crippen LogP contribution in [0.1, 0.15) is 19.4 Å². The van der Waals surface area contributed by atoms with Crippen molar-refractivity contribution < 1.29 is 4.79 Å². The number of pyridine rings is 1. The second-order valence-corrected chi connectivity index (χ2v) is 5.19. The van der Waals surface area contributed by atoms with Gasteiger partial charge in [-0.15, -0.1) is 0 Å². The zero-order valence-corrected chi connectivity index (χ0v) is 12.2. The number of aromatic nitrogens is 1. The smallest absolute Gasteiger partial charge is 0.226 e. The lowest BCUT2D eigenvalue weighted by molar-refractivity contribution is -0.130. The molecule has 0 atom stereocenters. The van der Waals surface area contributed by atoms with Gasteiger partial charge in [-0.1, -0.05) is 30.3 Å². The fraction of sp³-hybridized carbons (Fsp3) is 0.294. The van der Waals surface area contributed by atoms with Crippen LogP contribution in [0.15, 0.2) is 48.7 Å². The van der Waals surface area contributed by atoms with Gasteiger partial charge in [0.1, 0.15) is 0 Å². The molecule has 1 heterocycles. The maximum absolute atomic E-state index is 12.0. The van der Waals surface area contributed by atoms with Crippen LogP contribution in [0.25, 0.3) is 11.3 Å². The highest BCUT2D eigenvalue weighted by Crippen LogP contribution is 2.17. The first-order valence-electron chi connectivity index (χ1n) is 6.84. The molecule has 3 nitrogen and oxygen atoms in total. The predicted molar refractivity (Wildman–Crippen MR) is 81.3 cm³/mol. The van der Waals surface area contributed by atoms with Crippen molar-refractivity contribution in [3.8, 4) is 11.3 Å². The molecule has 20 heavy (non-hydrogen) atoms. The van der Waals surface area contributed by atoms with E-state index >= 15 is 0 Å². The Bertz CT molecular complexity index is 561. The molecule has 0 N–H and O–H groups in total. The van der Waals surface area contributed by atoms with Crippen molar-refractivity contribution in [1.29, 1.82) is 0 Å². The minimum Gasteiger partial charge on any atom is -0.343 e. The van der Waals surface area contributed by atoms with Gasteiger partial charge < -0.3 is 4.90 Å². The van der Waals surface area contributed by atoms with Gasteiger partial charge in [-0.3, -0.25) is 9.78 Å². The van der Waals surface area contributed by atoms with Crippen molar-refractivity contribution in [2.75, 3.05) is 7.05 Å². The monoisotopic (exact) mass is 268 g/mol. The molecular weight excluding hydrogens is 248 g/mol. The Kier molecular flexibility index (Phi) is 4.51. The van der Waals surface area contributed by atoms with Crippen molar-refractivity contribution in [3.05, 3.63) is 54.2 Å². The number of nitrogens with zero attached hydrogens (tertiary/aromatic N) is 2. The highest BCUT2D eigenvalue weighted by Gasteiger charge is 2.12. The summed E-state index contributed by atoms with van der Waals surface area (Å²) < 4.78 is 0. The number of likely N-dealkylation sites (N-methyl/N-ethyl adjacent to an activating group) is 1. The van der Waals surface area contributed by atoms with E-state index in [1.54, 1.807) is 11.1 Å². The van der Waals surface area contributed by atoms with E-state index in [1.165, 1.54) is 0 Å². The van der Waals surface area contributed by atoms with E-state index in [0.717, 1.165) is 16.8 Å². The summed E-state index contributed by atoms with van der Waals surface area (Å²) in [6, 6.07) is 14.1. The quantitative estimate of drug-likeness (QED) is 0.853. The number of rotatable bonds is 4. The summed E-state index contributed by atoms with van der Waals surface area (Å²) in [6.45, 7) is 4.03. The van der Waals surface area contributed by atoms with Crippen molar-refractivity contribution in [1.82, 2.24) is 9.88 Å². The molecule has 0 fully saturated rings. The van der Waals surface area contributed by atoms with Crippen LogP contribution >= 0.6 is 0 Å². The zero-order valence-electron chi connectivity index (χ0n) is 12.2. The van der Waals surface area contributed by atoms with Crippen molar-refractivity contribution in [3.63, 3.8) is 0 Å². The molecule has 0 radical (unpaired) electrons. The summed E-state index contributed by atoms with van der Waals surface area (Å²) >= 11 is 0. The number of amides is 1. The van der Waals surface area contributed by atoms with E-state index in [1.807, 2.05) is 63.4 Å². The summed E-state index contributed by atoms with van der Waals surface area (Å²) in [4.78, 5) is 18.1. The lowest BCUT2D eigenvalue weighted by atomic mass is 10.1. The molecule has 0 saturated heterocycles. The number of carbonyl (C=O) groups is 1. The molecule has 0 aliphatic carbocycles. The third-order valence-electron chi connectivity index (χ3n) is 3.44. The molecule has 0 unspecified atom stereocenters. The van der Waals surface area contributed by atoms with Gasteiger partial charge >= 0.3 is 0 Å². The van der Waals surface area contributed by atoms with Crippen molar-refractivity contribution in [2.24, 2.45) is 0 Å². The Labute approximate surface area is 120 Å². The van der Waals surface area contributed by atoms with Crippen LogP contribution in [0.2, 0.25) is 0 Å². The molecule has 1 amide bonds. The number of benzene rings is 1. The van der Waals surface area contributed by atoms with Gasteiger partial charge in [-0.25, -0.2) is 0 Å². The molecule has 0 bridgehead atoms. The summed E-state index contributed by atoms with van der Waals surface area (Å²) in [5, 5.41) is 0. The summed E-state index contributed by atoms with van der Waals surface area (Å²) in [7, 11) is 1.84. The second-order valence-electron chi connectivity index (χ2n) is 5.19. The lowest BCUT2D eigenvalue weighted by Crippen LogP contribution is -2.34. The van der Waals surface area contributed by atoms with E-state index < -0.39 is 0 Å². The standard InChI is InChI=1S/C17H20N2O/c1-13(2)19(3)17(20)12-14-7-9-15(10-8-14)16-6-4-5-11-18-16/h4-11,13H,12H2,1-3H3. The van der Waals surface area contributed by atoms with Gasteiger partial charge in [0, 0.05) is 24.8 Å². The summed E-state index contributed by atoms with van der Waals surface area (Å²) in [6.07, 6.45) is 2.22. The van der Waals surface area contributed by atoms with E-state index in [9.17, 15) is 4.79 Å². The SMILES string of the molecule is CC(C)N(C)C(=O)Cc1ccc(-c2ccccn2)cc1. The van der Waals surface area contributed by atoms with Gasteiger partial charge in [-0.05, 0) is 31.5 Å². The zero-order chi connectivity index (χ0) is 14.5. The Morgan fingerprint density at radius 2 is 1.85 bits per heavy atom. The van der Waals surface area contributed by atoms with Crippen LogP contribution in [0, 0.1) is 0 Å². The van der Waals surface area contributed by atoms with Gasteiger partial charge in [0.2, 0.25) is 5.91 Å². The molecule has 1 aromatic carbocycles. The third kappa shape index (κ3) is 3.44. The molecule has 2 rings (SSSR count). The van der Waals surface area contributed by atoms with Gasteiger partial charge in [0.05, 0.1) is 12.1 Å². The highest BCUT2D eigenvalue weighted by atomic mass is 16.2. The van der Waals surface area contributed by atoms with E-state index in [0.29, 0.717) is 6.42 Å². The second kappa shape index (κ2) is 6.33. The molecule has 104 valence electrons. The van der Waals surface area contributed by atoms with E-state index in [2.05, 4.69) is 4.98 Å². The molecular formula is C17H20N2O. The number of hydrogen-bond acceptors (Lipinski definition) is 2. The maximum Gasteiger partial charge on any atom is 0.226 e. The summed E-state index contributed by atoms with van der Waals surface area (Å²) in [5.41, 5.74) is 3.05. The highest BCUT2D eigenvalue weighted by molar-refractivity contribution is 5.79. The Morgan fingerprint density at radius 3 is 2.40 bits per heavy atom. The largest absolute Gasteiger partial charge is 0.343 e. The Hall–Kier alpha value is -2.16. The Morgan fingerprint density at radius 1 is 1.15 bits per heavy atom. The predicted octanol–water partition coefficient (Wildman–Crippen LogP) is 3.16. The fourth-order valence-electron chi connectivity index (χ4n) is 1.91. The maximum atomic E-state index is 12.0. The van der Waals surface area contributed by atoms with E-state index in [4.69, 9.17) is 0 Å². The molecule has 3 heteroatoms. The minimum atomic E-state index is 0.144. The van der Waals surface area contributed by atoms with Crippen LogP contribution in [-0.4, -0.2) is 28.9 Å². The molecule has 2 aromatic rings. The fourth-order valence-corrected chi connectivity index (χ4v) is 1.91. The van der Waals surface area contributed by atoms with Crippen molar-refractivity contribution in [2.45, 2.75) is 26.3 Å². The molecule has 0 aliphatic rings. The van der Waals surface area contributed by atoms with Crippen LogP contribution in [0.4, 0.5) is 0 Å². The number of hydrogen-bond donors (Lipinski definition) is 0. The van der Waals surface area contributed by atoms with Crippen LogP contribution < -0.4 is 0 Å². The molecule has 0 aliphatic heterocycles. The van der Waals surface area contributed by atoms with Crippen molar-refractivity contribution >= 4 is 5.91 Å². The van der Waals surface area contributed by atoms with Gasteiger partial charge in [0.25, 0.3) is 0 Å². The topological polar surface area (TPSA) is 33.2 Å². The first kappa shape index (κ1) is 14.3. The van der Waals surface area contributed by atoms with Crippen LogP contribution in [0.5, 0.6) is 0 Å². The van der Waals surface area contributed by atoms with Crippen LogP contribution in [0.3, 0.4) is 0 Å². The number of carbonyl (C=O) groups excluding carboxylic acids is 1. The minimum absolute atomic E-state index is 0.144. The molecule has 0 saturated carbocycles. The average Bonchev–Trinajstić information content (AvgIpc) is 2.48. The van der Waals surface area contributed by atoms with Gasteiger partial charge in [0.15, 0.2) is 0 Å². The average molecular weight is 268 g/mol. The summed E-state index contributed by atoms with van der Waals surface area (Å²) in [5.74, 6) is 0.144. The first-order chi connectivity index (χ1) is 9.58. The van der Waals surface area contributed by atoms with Crippen LogP contribution in [-0.2, 0) is 11.2 Å². The first-order valence-corrected chi connectivity index (χ1v) is 6.84. The lowest BCUT2D eigenvalue weighted by Gasteiger charge is -2.21. The van der Waals surface area contributed by atoms with Gasteiger partial charge in [-0.2, -0.15) is 0 Å². The van der Waals surface area contributed by atoms with E-state index in [-0.39, 0.29) is 11.9 Å². The Balaban J connectivity index is 2.08. The third-order valence-corrected chi connectivity index (χ3v) is 3.44.